The quantitative estimate of drug-likeness (QED) is 0.769. The monoisotopic (exact) mass is 206 g/mol. The zero-order valence-electron chi connectivity index (χ0n) is 9.53. The van der Waals surface area contributed by atoms with E-state index in [9.17, 15) is 9.90 Å². The Bertz CT molecular complexity index is 326. The molecule has 1 atom stereocenters. The topological polar surface area (TPSA) is 37.3 Å². The van der Waals surface area contributed by atoms with Crippen LogP contribution in [0.15, 0.2) is 30.3 Å². The summed E-state index contributed by atoms with van der Waals surface area (Å²) in [5.41, 5.74) is -0.258. The summed E-state index contributed by atoms with van der Waals surface area (Å²) in [6, 6.07) is 9.09. The predicted molar refractivity (Wildman–Crippen MR) is 60.9 cm³/mol. The Balaban J connectivity index is 2.73. The van der Waals surface area contributed by atoms with Crippen LogP contribution < -0.4 is 0 Å². The summed E-state index contributed by atoms with van der Waals surface area (Å²) in [7, 11) is 0. The first-order valence-electron chi connectivity index (χ1n) is 5.24. The van der Waals surface area contributed by atoms with Gasteiger partial charge >= 0.3 is 0 Å². The van der Waals surface area contributed by atoms with Crippen LogP contribution in [-0.4, -0.2) is 16.5 Å². The molecule has 1 aromatic carbocycles. The van der Waals surface area contributed by atoms with Crippen LogP contribution in [0.5, 0.6) is 0 Å². The number of aliphatic hydroxyl groups is 1. The van der Waals surface area contributed by atoms with Crippen molar-refractivity contribution in [3.63, 3.8) is 0 Å². The molecule has 2 heteroatoms. The molecule has 0 amide bonds. The lowest BCUT2D eigenvalue weighted by Gasteiger charge is -2.26. The molecular formula is C13H18O2. The van der Waals surface area contributed by atoms with Gasteiger partial charge in [-0.2, -0.15) is 0 Å². The molecule has 0 aliphatic heterocycles. The third-order valence-corrected chi connectivity index (χ3v) is 2.86. The third-order valence-electron chi connectivity index (χ3n) is 2.86. The Morgan fingerprint density at radius 2 is 1.87 bits per heavy atom. The molecule has 2 nitrogen and oxygen atoms in total. The molecule has 0 fully saturated rings. The summed E-state index contributed by atoms with van der Waals surface area (Å²) >= 11 is 0. The Morgan fingerprint density at radius 3 is 2.33 bits per heavy atom. The first-order chi connectivity index (χ1) is 6.93. The van der Waals surface area contributed by atoms with Gasteiger partial charge in [-0.25, -0.2) is 0 Å². The molecule has 82 valence electrons. The molecule has 0 bridgehead atoms. The van der Waals surface area contributed by atoms with Crippen LogP contribution in [0, 0.1) is 5.92 Å². The highest BCUT2D eigenvalue weighted by atomic mass is 16.3. The number of Topliss-reactive ketones (excluding diaryl/α,β-unsaturated/α-hetero) is 1. The summed E-state index contributed by atoms with van der Waals surface area (Å²) in [6.07, 6.45) is 0.175. The highest BCUT2D eigenvalue weighted by Crippen LogP contribution is 2.22. The summed E-state index contributed by atoms with van der Waals surface area (Å²) in [4.78, 5) is 11.8. The van der Waals surface area contributed by atoms with Crippen LogP contribution in [0.4, 0.5) is 0 Å². The number of ketones is 1. The van der Waals surface area contributed by atoms with E-state index in [2.05, 4.69) is 0 Å². The second-order valence-electron chi connectivity index (χ2n) is 4.48. The molecule has 1 unspecified atom stereocenters. The Kier molecular flexibility index (Phi) is 3.64. The molecule has 0 heterocycles. The number of benzene rings is 1. The fourth-order valence-corrected chi connectivity index (χ4v) is 1.26. The van der Waals surface area contributed by atoms with Crippen molar-refractivity contribution in [2.75, 3.05) is 0 Å². The number of hydrogen-bond acceptors (Lipinski definition) is 2. The van der Waals surface area contributed by atoms with E-state index in [1.165, 1.54) is 0 Å². The van der Waals surface area contributed by atoms with Gasteiger partial charge in [-0.3, -0.25) is 4.79 Å². The van der Waals surface area contributed by atoms with Gasteiger partial charge in [0, 0.05) is 12.0 Å². The summed E-state index contributed by atoms with van der Waals surface area (Å²) < 4.78 is 0. The van der Waals surface area contributed by atoms with Gasteiger partial charge in [0.25, 0.3) is 0 Å². The minimum Gasteiger partial charge on any atom is -0.389 e. The van der Waals surface area contributed by atoms with Gasteiger partial charge in [0.05, 0.1) is 5.60 Å². The van der Waals surface area contributed by atoms with Gasteiger partial charge in [0.2, 0.25) is 0 Å². The van der Waals surface area contributed by atoms with E-state index < -0.39 is 5.60 Å². The number of carbonyl (C=O) groups is 1. The van der Waals surface area contributed by atoms with Crippen molar-refractivity contribution in [2.24, 2.45) is 5.92 Å². The zero-order valence-corrected chi connectivity index (χ0v) is 9.53. The summed E-state index contributed by atoms with van der Waals surface area (Å²) in [5.74, 6) is 0.0689. The molecule has 0 spiro atoms. The van der Waals surface area contributed by atoms with Gasteiger partial charge in [0.1, 0.15) is 0 Å². The maximum Gasteiger partial charge on any atom is 0.165 e. The lowest BCUT2D eigenvalue weighted by molar-refractivity contribution is 0.00854. The van der Waals surface area contributed by atoms with Crippen LogP contribution in [0.1, 0.15) is 37.6 Å². The van der Waals surface area contributed by atoms with Crippen molar-refractivity contribution in [1.29, 1.82) is 0 Å². The predicted octanol–water partition coefficient (Wildman–Crippen LogP) is 2.67. The van der Waals surface area contributed by atoms with Gasteiger partial charge in [0.15, 0.2) is 5.78 Å². The lowest BCUT2D eigenvalue weighted by atomic mass is 9.86. The second kappa shape index (κ2) is 4.58. The summed E-state index contributed by atoms with van der Waals surface area (Å²) in [6.45, 7) is 5.54. The highest BCUT2D eigenvalue weighted by molar-refractivity contribution is 5.96. The van der Waals surface area contributed by atoms with Gasteiger partial charge in [-0.1, -0.05) is 44.2 Å². The van der Waals surface area contributed by atoms with Crippen LogP contribution in [0.2, 0.25) is 0 Å². The second-order valence-corrected chi connectivity index (χ2v) is 4.48. The van der Waals surface area contributed by atoms with E-state index in [1.807, 2.05) is 32.0 Å². The van der Waals surface area contributed by atoms with E-state index in [0.29, 0.717) is 5.56 Å². The largest absolute Gasteiger partial charge is 0.389 e. The maximum absolute atomic E-state index is 11.8. The van der Waals surface area contributed by atoms with Crippen molar-refractivity contribution in [2.45, 2.75) is 32.8 Å². The smallest absolute Gasteiger partial charge is 0.165 e. The molecule has 15 heavy (non-hydrogen) atoms. The lowest BCUT2D eigenvalue weighted by Crippen LogP contribution is -2.33. The first-order valence-corrected chi connectivity index (χ1v) is 5.24. The molecule has 0 radical (unpaired) electrons. The number of rotatable bonds is 4. The van der Waals surface area contributed by atoms with Crippen LogP contribution in [0.25, 0.3) is 0 Å². The number of carbonyl (C=O) groups excluding carboxylic acids is 1. The SMILES string of the molecule is CC(C)C(C)(O)CC(=O)c1ccccc1. The van der Waals surface area contributed by atoms with Gasteiger partial charge in [-0.05, 0) is 12.8 Å². The van der Waals surface area contributed by atoms with Crippen molar-refractivity contribution in [3.05, 3.63) is 35.9 Å². The third kappa shape index (κ3) is 3.17. The molecule has 1 aromatic rings. The zero-order chi connectivity index (χ0) is 11.5. The minimum absolute atomic E-state index is 0.00528. The van der Waals surface area contributed by atoms with E-state index in [-0.39, 0.29) is 18.1 Å². The van der Waals surface area contributed by atoms with Crippen molar-refractivity contribution >= 4 is 5.78 Å². The first kappa shape index (κ1) is 11.9. The fourth-order valence-electron chi connectivity index (χ4n) is 1.26. The van der Waals surface area contributed by atoms with Crippen LogP contribution in [-0.2, 0) is 0 Å². The van der Waals surface area contributed by atoms with Gasteiger partial charge < -0.3 is 5.11 Å². The van der Waals surface area contributed by atoms with E-state index in [4.69, 9.17) is 0 Å². The van der Waals surface area contributed by atoms with E-state index >= 15 is 0 Å². The standard InChI is InChI=1S/C13H18O2/c1-10(2)13(3,15)9-12(14)11-7-5-4-6-8-11/h4-8,10,15H,9H2,1-3H3. The van der Waals surface area contributed by atoms with E-state index in [1.54, 1.807) is 19.1 Å². The van der Waals surface area contributed by atoms with E-state index in [0.717, 1.165) is 0 Å². The molecule has 0 aromatic heterocycles. The van der Waals surface area contributed by atoms with Crippen molar-refractivity contribution in [3.8, 4) is 0 Å². The Labute approximate surface area is 90.9 Å². The summed E-state index contributed by atoms with van der Waals surface area (Å²) in [5, 5.41) is 10.0. The van der Waals surface area contributed by atoms with Crippen LogP contribution >= 0.6 is 0 Å². The number of hydrogen-bond donors (Lipinski definition) is 1. The van der Waals surface area contributed by atoms with Crippen LogP contribution in [0.3, 0.4) is 0 Å². The van der Waals surface area contributed by atoms with Gasteiger partial charge in [-0.15, -0.1) is 0 Å². The molecular weight excluding hydrogens is 188 g/mol. The average Bonchev–Trinajstić information content (AvgIpc) is 2.18. The van der Waals surface area contributed by atoms with Crippen molar-refractivity contribution < 1.29 is 9.90 Å². The normalized spacial score (nSPS) is 15.0. The fraction of sp³-hybridized carbons (Fsp3) is 0.462. The minimum atomic E-state index is -0.924. The molecule has 0 saturated carbocycles. The highest BCUT2D eigenvalue weighted by Gasteiger charge is 2.28. The molecule has 0 saturated heterocycles. The molecule has 1 rings (SSSR count). The van der Waals surface area contributed by atoms with Crippen molar-refractivity contribution in [1.82, 2.24) is 0 Å². The molecule has 0 aliphatic carbocycles. The Morgan fingerprint density at radius 1 is 1.33 bits per heavy atom. The Hall–Kier alpha value is -1.15. The average molecular weight is 206 g/mol. The molecule has 0 aliphatic rings. The molecule has 1 N–H and O–H groups in total. The maximum atomic E-state index is 11.8.